The van der Waals surface area contributed by atoms with E-state index in [9.17, 15) is 9.18 Å². The van der Waals surface area contributed by atoms with Crippen molar-refractivity contribution in [3.05, 3.63) is 35.6 Å². The number of likely N-dealkylation sites (tertiary alicyclic amines) is 1. The smallest absolute Gasteiger partial charge is 0.244 e. The molecule has 0 aliphatic carbocycles. The highest BCUT2D eigenvalue weighted by Crippen LogP contribution is 2.22. The van der Waals surface area contributed by atoms with Gasteiger partial charge in [0.2, 0.25) is 5.91 Å². The summed E-state index contributed by atoms with van der Waals surface area (Å²) in [6.07, 6.45) is 2.66. The molecule has 5 nitrogen and oxygen atoms in total. The summed E-state index contributed by atoms with van der Waals surface area (Å²) in [5, 5.41) is 0. The number of carbonyl (C=O) groups is 1. The summed E-state index contributed by atoms with van der Waals surface area (Å²) < 4.78 is 13.2. The number of benzene rings is 1. The molecule has 144 valence electrons. The van der Waals surface area contributed by atoms with Gasteiger partial charge in [-0.05, 0) is 57.7 Å². The highest BCUT2D eigenvalue weighted by molar-refractivity contribution is 5.83. The molecule has 2 fully saturated rings. The first-order valence-corrected chi connectivity index (χ1v) is 9.70. The normalized spacial score (nSPS) is 20.7. The maximum Gasteiger partial charge on any atom is 0.244 e. The van der Waals surface area contributed by atoms with Crippen LogP contribution < -0.4 is 0 Å². The molecule has 0 radical (unpaired) electrons. The monoisotopic (exact) mass is 362 g/mol. The molecule has 0 bridgehead atoms. The van der Waals surface area contributed by atoms with Gasteiger partial charge in [-0.25, -0.2) is 4.39 Å². The van der Waals surface area contributed by atoms with E-state index >= 15 is 0 Å². The Bertz CT molecular complexity index is 578. The van der Waals surface area contributed by atoms with Crippen molar-refractivity contribution in [2.75, 3.05) is 66.5 Å². The molecule has 0 aromatic heterocycles. The second-order valence-corrected chi connectivity index (χ2v) is 7.63. The first-order valence-electron chi connectivity index (χ1n) is 9.70. The number of nitrogens with zero attached hydrogens (tertiary/aromatic N) is 4. The topological polar surface area (TPSA) is 30.0 Å². The van der Waals surface area contributed by atoms with E-state index in [1.54, 1.807) is 12.1 Å². The van der Waals surface area contributed by atoms with Crippen LogP contribution in [0.2, 0.25) is 0 Å². The van der Waals surface area contributed by atoms with Crippen LogP contribution in [0.3, 0.4) is 0 Å². The van der Waals surface area contributed by atoms with Gasteiger partial charge in [0.25, 0.3) is 0 Å². The number of rotatable bonds is 6. The van der Waals surface area contributed by atoms with Gasteiger partial charge in [0.05, 0.1) is 0 Å². The van der Waals surface area contributed by atoms with E-state index in [2.05, 4.69) is 9.80 Å². The molecule has 1 aromatic rings. The van der Waals surface area contributed by atoms with Crippen molar-refractivity contribution >= 4 is 5.91 Å². The van der Waals surface area contributed by atoms with E-state index in [4.69, 9.17) is 0 Å². The molecule has 2 heterocycles. The third-order valence-corrected chi connectivity index (χ3v) is 5.55. The predicted octanol–water partition coefficient (Wildman–Crippen LogP) is 1.67. The predicted molar refractivity (Wildman–Crippen MR) is 102 cm³/mol. The van der Waals surface area contributed by atoms with Crippen LogP contribution in [0.1, 0.15) is 24.4 Å². The highest BCUT2D eigenvalue weighted by atomic mass is 19.1. The van der Waals surface area contributed by atoms with Crippen LogP contribution in [0.25, 0.3) is 0 Å². The number of likely N-dealkylation sites (N-methyl/N-ethyl adjacent to an activating group) is 1. The van der Waals surface area contributed by atoms with E-state index in [-0.39, 0.29) is 17.8 Å². The van der Waals surface area contributed by atoms with Gasteiger partial charge in [0, 0.05) is 39.3 Å². The van der Waals surface area contributed by atoms with Crippen molar-refractivity contribution in [2.24, 2.45) is 0 Å². The summed E-state index contributed by atoms with van der Waals surface area (Å²) in [6, 6.07) is 5.92. The van der Waals surface area contributed by atoms with Gasteiger partial charge in [0.1, 0.15) is 11.9 Å². The van der Waals surface area contributed by atoms with Crippen molar-refractivity contribution in [3.63, 3.8) is 0 Å². The van der Waals surface area contributed by atoms with Gasteiger partial charge in [0.15, 0.2) is 0 Å². The zero-order valence-electron chi connectivity index (χ0n) is 16.0. The number of hydrogen-bond donors (Lipinski definition) is 0. The lowest BCUT2D eigenvalue weighted by Crippen LogP contribution is -2.52. The molecule has 0 N–H and O–H groups in total. The fraction of sp³-hybridized carbons (Fsp3) is 0.650. The zero-order chi connectivity index (χ0) is 18.5. The minimum absolute atomic E-state index is 0.112. The number of halogens is 1. The molecule has 2 aliphatic rings. The van der Waals surface area contributed by atoms with Gasteiger partial charge in [-0.1, -0.05) is 12.1 Å². The second kappa shape index (κ2) is 8.93. The summed E-state index contributed by atoms with van der Waals surface area (Å²) in [7, 11) is 3.80. The number of carbonyl (C=O) groups excluding carboxylic acids is 1. The van der Waals surface area contributed by atoms with E-state index in [0.29, 0.717) is 0 Å². The largest absolute Gasteiger partial charge is 0.338 e. The molecule has 2 aliphatic heterocycles. The average Bonchev–Trinajstić information content (AvgIpc) is 3.15. The maximum absolute atomic E-state index is 13.2. The summed E-state index contributed by atoms with van der Waals surface area (Å²) >= 11 is 0. The van der Waals surface area contributed by atoms with Crippen LogP contribution in [0.5, 0.6) is 0 Å². The lowest BCUT2D eigenvalue weighted by molar-refractivity contribution is -0.138. The van der Waals surface area contributed by atoms with E-state index in [0.717, 1.165) is 44.8 Å². The molecular formula is C20H31FN4O. The summed E-state index contributed by atoms with van der Waals surface area (Å²) in [5.41, 5.74) is 0.845. The standard InChI is InChI=1S/C20H31FN4O/c1-22(2)19(17-5-7-18(21)8-6-17)20(26)25-15-13-24(14-16-25)12-11-23-9-3-4-10-23/h5-8,19H,3-4,9-16H2,1-2H3/t19-/m0/s1. The van der Waals surface area contributed by atoms with Crippen LogP contribution in [0.15, 0.2) is 24.3 Å². The fourth-order valence-electron chi connectivity index (χ4n) is 3.96. The summed E-state index contributed by atoms with van der Waals surface area (Å²) in [6.45, 7) is 8.11. The molecule has 1 atom stereocenters. The average molecular weight is 362 g/mol. The Balaban J connectivity index is 1.53. The first kappa shape index (κ1) is 19.3. The van der Waals surface area contributed by atoms with Crippen LogP contribution in [0, 0.1) is 5.82 Å². The summed E-state index contributed by atoms with van der Waals surface area (Å²) in [4.78, 5) is 21.9. The van der Waals surface area contributed by atoms with Gasteiger partial charge >= 0.3 is 0 Å². The number of amides is 1. The Hall–Kier alpha value is -1.50. The molecule has 0 spiro atoms. The van der Waals surface area contributed by atoms with Crippen LogP contribution in [0.4, 0.5) is 4.39 Å². The van der Waals surface area contributed by atoms with Gasteiger partial charge in [-0.15, -0.1) is 0 Å². The Labute approximate surface area is 156 Å². The number of hydrogen-bond acceptors (Lipinski definition) is 4. The number of piperazine rings is 1. The molecule has 1 aromatic carbocycles. The van der Waals surface area contributed by atoms with Crippen LogP contribution in [-0.2, 0) is 4.79 Å². The third kappa shape index (κ3) is 4.81. The Kier molecular flexibility index (Phi) is 6.62. The van der Waals surface area contributed by atoms with Gasteiger partial charge in [-0.2, -0.15) is 0 Å². The minimum Gasteiger partial charge on any atom is -0.338 e. The van der Waals surface area contributed by atoms with Crippen molar-refractivity contribution in [2.45, 2.75) is 18.9 Å². The van der Waals surface area contributed by atoms with Crippen LogP contribution in [-0.4, -0.2) is 92.0 Å². The van der Waals surface area contributed by atoms with E-state index in [1.165, 1.54) is 38.1 Å². The lowest BCUT2D eigenvalue weighted by atomic mass is 10.0. The summed E-state index contributed by atoms with van der Waals surface area (Å²) in [5.74, 6) is -0.161. The first-order chi connectivity index (χ1) is 12.5. The van der Waals surface area contributed by atoms with E-state index < -0.39 is 0 Å². The fourth-order valence-corrected chi connectivity index (χ4v) is 3.96. The molecule has 26 heavy (non-hydrogen) atoms. The molecule has 0 unspecified atom stereocenters. The third-order valence-electron chi connectivity index (χ3n) is 5.55. The minimum atomic E-state index is -0.355. The van der Waals surface area contributed by atoms with Gasteiger partial charge < -0.3 is 9.80 Å². The van der Waals surface area contributed by atoms with Gasteiger partial charge in [-0.3, -0.25) is 14.6 Å². The van der Waals surface area contributed by atoms with Crippen LogP contribution >= 0.6 is 0 Å². The van der Waals surface area contributed by atoms with Crippen molar-refractivity contribution in [3.8, 4) is 0 Å². The lowest BCUT2D eigenvalue weighted by Gasteiger charge is -2.38. The Morgan fingerprint density at radius 3 is 2.04 bits per heavy atom. The Morgan fingerprint density at radius 1 is 0.962 bits per heavy atom. The van der Waals surface area contributed by atoms with Crippen molar-refractivity contribution < 1.29 is 9.18 Å². The quantitative estimate of drug-likeness (QED) is 0.770. The molecule has 3 rings (SSSR count). The maximum atomic E-state index is 13.2. The SMILES string of the molecule is CN(C)[C@H](C(=O)N1CCN(CCN2CCCC2)CC1)c1ccc(F)cc1. The highest BCUT2D eigenvalue weighted by Gasteiger charge is 2.30. The molecule has 6 heteroatoms. The second-order valence-electron chi connectivity index (χ2n) is 7.63. The molecule has 0 saturated carbocycles. The molecule has 1 amide bonds. The Morgan fingerprint density at radius 2 is 1.50 bits per heavy atom. The molecular weight excluding hydrogens is 331 g/mol. The van der Waals surface area contributed by atoms with Crippen molar-refractivity contribution in [1.82, 2.24) is 19.6 Å². The molecule has 2 saturated heterocycles. The van der Waals surface area contributed by atoms with Crippen molar-refractivity contribution in [1.29, 1.82) is 0 Å². The van der Waals surface area contributed by atoms with E-state index in [1.807, 2.05) is 23.9 Å². The zero-order valence-corrected chi connectivity index (χ0v) is 16.0.